The second-order valence-corrected chi connectivity index (χ2v) is 14.0. The molecule has 5 fully saturated rings. The Morgan fingerprint density at radius 1 is 0.821 bits per heavy atom. The number of rotatable bonds is 10. The third-order valence-corrected chi connectivity index (χ3v) is 10.4. The third kappa shape index (κ3) is 5.98. The van der Waals surface area contributed by atoms with Gasteiger partial charge >= 0.3 is 17.9 Å². The van der Waals surface area contributed by atoms with E-state index < -0.39 is 40.4 Å². The average molecular weight is 551 g/mol. The van der Waals surface area contributed by atoms with E-state index in [0.29, 0.717) is 24.9 Å². The fraction of sp³-hybridized carbons (Fsp3) is 0.867. The van der Waals surface area contributed by atoms with Crippen molar-refractivity contribution in [2.45, 2.75) is 105 Å². The molecule has 1 heterocycles. The zero-order valence-electron chi connectivity index (χ0n) is 24.2. The number of carboxylic acid groups (broad SMARTS) is 2. The Labute approximate surface area is 231 Å². The van der Waals surface area contributed by atoms with E-state index in [0.717, 1.165) is 37.0 Å². The molecule has 4 aliphatic carbocycles. The van der Waals surface area contributed by atoms with E-state index in [1.165, 1.54) is 25.7 Å². The number of carboxylic acids is 2. The fourth-order valence-corrected chi connectivity index (χ4v) is 8.75. The maximum atomic E-state index is 13.7. The van der Waals surface area contributed by atoms with Crippen LogP contribution in [0.15, 0.2) is 0 Å². The summed E-state index contributed by atoms with van der Waals surface area (Å²) in [5.41, 5.74) is -3.23. The second kappa shape index (κ2) is 10.7. The monoisotopic (exact) mass is 550 g/mol. The summed E-state index contributed by atoms with van der Waals surface area (Å²) in [5, 5.41) is 17.2. The van der Waals surface area contributed by atoms with Crippen LogP contribution in [-0.2, 0) is 33.4 Å². The van der Waals surface area contributed by atoms with Gasteiger partial charge in [0.25, 0.3) is 5.97 Å². The summed E-state index contributed by atoms with van der Waals surface area (Å²) in [7, 11) is 0. The summed E-state index contributed by atoms with van der Waals surface area (Å²) < 4.78 is 16.8. The molecular weight excluding hydrogens is 504 g/mol. The Hall–Kier alpha value is -2.16. The molecule has 10 unspecified atom stereocenters. The van der Waals surface area contributed by atoms with Gasteiger partial charge in [-0.1, -0.05) is 6.92 Å². The number of hydrogen-bond acceptors (Lipinski definition) is 7. The fourth-order valence-electron chi connectivity index (χ4n) is 8.75. The molecule has 39 heavy (non-hydrogen) atoms. The highest BCUT2D eigenvalue weighted by molar-refractivity contribution is 5.82. The van der Waals surface area contributed by atoms with E-state index in [2.05, 4.69) is 0 Å². The molecule has 0 aromatic rings. The van der Waals surface area contributed by atoms with Gasteiger partial charge in [-0.05, 0) is 115 Å². The van der Waals surface area contributed by atoms with Crippen molar-refractivity contribution in [1.82, 2.24) is 0 Å². The van der Waals surface area contributed by atoms with Crippen molar-refractivity contribution >= 4 is 23.9 Å². The smallest absolute Gasteiger partial charge is 0.314 e. The van der Waals surface area contributed by atoms with Crippen molar-refractivity contribution in [3.63, 3.8) is 0 Å². The highest BCUT2D eigenvalue weighted by Crippen LogP contribution is 2.68. The van der Waals surface area contributed by atoms with Crippen molar-refractivity contribution in [3.8, 4) is 0 Å². The first-order chi connectivity index (χ1) is 18.1. The van der Waals surface area contributed by atoms with Gasteiger partial charge in [0.2, 0.25) is 6.29 Å². The number of carbonyl (C=O) groups excluding carboxylic acids is 2. The van der Waals surface area contributed by atoms with Gasteiger partial charge in [0, 0.05) is 6.92 Å². The van der Waals surface area contributed by atoms with Crippen molar-refractivity contribution in [2.75, 3.05) is 6.61 Å². The normalized spacial score (nSPS) is 36.6. The van der Waals surface area contributed by atoms with Crippen LogP contribution in [0.3, 0.4) is 0 Å². The van der Waals surface area contributed by atoms with E-state index >= 15 is 0 Å². The van der Waals surface area contributed by atoms with E-state index in [1.807, 2.05) is 13.8 Å². The summed E-state index contributed by atoms with van der Waals surface area (Å²) in [5.74, 6) is 1.90. The predicted octanol–water partition coefficient (Wildman–Crippen LogP) is 4.90. The Morgan fingerprint density at radius 2 is 1.38 bits per heavy atom. The molecule has 5 aliphatic rings. The van der Waals surface area contributed by atoms with Crippen LogP contribution in [0.25, 0.3) is 0 Å². The van der Waals surface area contributed by atoms with Crippen molar-refractivity contribution < 1.29 is 43.6 Å². The number of esters is 2. The van der Waals surface area contributed by atoms with Crippen LogP contribution in [0.2, 0.25) is 0 Å². The molecule has 0 radical (unpaired) electrons. The molecule has 10 atom stereocenters. The van der Waals surface area contributed by atoms with Gasteiger partial charge in [0.15, 0.2) is 0 Å². The molecule has 1 saturated heterocycles. The third-order valence-electron chi connectivity index (χ3n) is 10.4. The van der Waals surface area contributed by atoms with Crippen LogP contribution < -0.4 is 0 Å². The molecule has 2 N–H and O–H groups in total. The molecule has 5 rings (SSSR count). The van der Waals surface area contributed by atoms with Crippen molar-refractivity contribution in [3.05, 3.63) is 0 Å². The van der Waals surface area contributed by atoms with E-state index in [4.69, 9.17) is 24.1 Å². The van der Waals surface area contributed by atoms with Gasteiger partial charge in [-0.3, -0.25) is 19.2 Å². The Kier molecular flexibility index (Phi) is 8.16. The molecule has 0 aromatic heterocycles. The molecule has 9 heteroatoms. The van der Waals surface area contributed by atoms with Crippen molar-refractivity contribution in [1.29, 1.82) is 0 Å². The summed E-state index contributed by atoms with van der Waals surface area (Å²) >= 11 is 0. The molecule has 220 valence electrons. The minimum absolute atomic E-state index is 0.0208. The van der Waals surface area contributed by atoms with Gasteiger partial charge in [-0.25, -0.2) is 0 Å². The minimum atomic E-state index is -1.16. The molecule has 0 amide bonds. The Balaban J connectivity index is 0.000000826. The lowest BCUT2D eigenvalue weighted by Gasteiger charge is -2.41. The molecule has 0 aromatic carbocycles. The second-order valence-electron chi connectivity index (χ2n) is 14.0. The SMILES string of the molecule is CC(=O)O.CCC(C)(CC(C)(CC(C)(C)C(=O)O)C(=O)OC1CO1)C(=O)OC1CC2CC1C1C3CCC(C3)C21. The molecule has 0 spiro atoms. The average Bonchev–Trinajstić information content (AvgIpc) is 3.19. The lowest BCUT2D eigenvalue weighted by atomic mass is 9.65. The number of carbonyl (C=O) groups is 4. The first-order valence-corrected chi connectivity index (χ1v) is 14.6. The Morgan fingerprint density at radius 3 is 1.92 bits per heavy atom. The van der Waals surface area contributed by atoms with Crippen LogP contribution in [0.5, 0.6) is 0 Å². The van der Waals surface area contributed by atoms with Crippen molar-refractivity contribution in [2.24, 2.45) is 51.8 Å². The summed E-state index contributed by atoms with van der Waals surface area (Å²) in [6, 6.07) is 0. The Bertz CT molecular complexity index is 983. The van der Waals surface area contributed by atoms with Gasteiger partial charge in [-0.15, -0.1) is 0 Å². The maximum Gasteiger partial charge on any atom is 0.314 e. The van der Waals surface area contributed by atoms with Crippen LogP contribution in [-0.4, -0.2) is 53.1 Å². The number of hydrogen-bond donors (Lipinski definition) is 2. The first-order valence-electron chi connectivity index (χ1n) is 14.6. The molecule has 9 nitrogen and oxygen atoms in total. The molecule has 1 aliphatic heterocycles. The van der Waals surface area contributed by atoms with E-state index in [-0.39, 0.29) is 24.9 Å². The highest BCUT2D eigenvalue weighted by atomic mass is 16.8. The van der Waals surface area contributed by atoms with Crippen LogP contribution in [0, 0.1) is 51.8 Å². The number of ether oxygens (including phenoxy) is 3. The van der Waals surface area contributed by atoms with E-state index in [9.17, 15) is 19.5 Å². The lowest BCUT2D eigenvalue weighted by Crippen LogP contribution is -2.45. The molecule has 4 bridgehead atoms. The minimum Gasteiger partial charge on any atom is -0.481 e. The summed E-state index contributed by atoms with van der Waals surface area (Å²) in [6.07, 6.45) is 6.42. The predicted molar refractivity (Wildman–Crippen MR) is 140 cm³/mol. The standard InChI is InChI=1S/C28H42O7.C2H4O2/c1-6-27(4,14-28(5,13-26(2,3)23(29)30)25(32)35-20-12-33-20)24(31)34-19-11-17-10-18(19)22-16-8-7-15(9-16)21(17)22;1-2(3)4/h15-22H,6-14H2,1-5H3,(H,29,30);1H3,(H,3,4). The van der Waals surface area contributed by atoms with E-state index in [1.54, 1.807) is 20.8 Å². The molecule has 4 saturated carbocycles. The van der Waals surface area contributed by atoms with Crippen LogP contribution in [0.4, 0.5) is 0 Å². The van der Waals surface area contributed by atoms with Gasteiger partial charge in [0.1, 0.15) is 12.7 Å². The molecular formula is C30H46O9. The van der Waals surface area contributed by atoms with Crippen LogP contribution >= 0.6 is 0 Å². The topological polar surface area (TPSA) is 140 Å². The lowest BCUT2D eigenvalue weighted by molar-refractivity contribution is -0.174. The highest BCUT2D eigenvalue weighted by Gasteiger charge is 2.63. The van der Waals surface area contributed by atoms with Gasteiger partial charge in [-0.2, -0.15) is 0 Å². The first kappa shape index (κ1) is 29.8. The van der Waals surface area contributed by atoms with Gasteiger partial charge in [0.05, 0.1) is 16.2 Å². The van der Waals surface area contributed by atoms with Crippen LogP contribution in [0.1, 0.15) is 92.9 Å². The largest absolute Gasteiger partial charge is 0.481 e. The summed E-state index contributed by atoms with van der Waals surface area (Å²) in [6.45, 7) is 10.2. The maximum absolute atomic E-state index is 13.7. The number of fused-ring (bicyclic) bond motifs is 9. The summed E-state index contributed by atoms with van der Waals surface area (Å²) in [4.78, 5) is 47.8. The quantitative estimate of drug-likeness (QED) is 0.221. The zero-order valence-corrected chi connectivity index (χ0v) is 24.2. The zero-order chi connectivity index (χ0) is 28.9. The number of epoxide rings is 1. The van der Waals surface area contributed by atoms with Gasteiger partial charge < -0.3 is 24.4 Å². The number of aliphatic carboxylic acids is 2.